The van der Waals surface area contributed by atoms with Crippen LogP contribution in [0.5, 0.6) is 0 Å². The van der Waals surface area contributed by atoms with Crippen LogP contribution in [0.2, 0.25) is 0 Å². The molecule has 25 heavy (non-hydrogen) atoms. The van der Waals surface area contributed by atoms with E-state index < -0.39 is 0 Å². The number of nitrogens with zero attached hydrogens (tertiary/aromatic N) is 3. The van der Waals surface area contributed by atoms with Gasteiger partial charge in [-0.3, -0.25) is 14.3 Å². The first-order chi connectivity index (χ1) is 12.0. The van der Waals surface area contributed by atoms with E-state index in [1.165, 1.54) is 0 Å². The highest BCUT2D eigenvalue weighted by Gasteiger charge is 2.25. The summed E-state index contributed by atoms with van der Waals surface area (Å²) in [4.78, 5) is 26.0. The monoisotopic (exact) mass is 340 g/mol. The average molecular weight is 340 g/mol. The van der Waals surface area contributed by atoms with Crippen LogP contribution in [-0.4, -0.2) is 34.7 Å². The second kappa shape index (κ2) is 7.51. The first kappa shape index (κ1) is 17.2. The van der Waals surface area contributed by atoms with Crippen molar-refractivity contribution in [2.45, 2.75) is 39.7 Å². The highest BCUT2D eigenvalue weighted by Crippen LogP contribution is 2.26. The summed E-state index contributed by atoms with van der Waals surface area (Å²) in [5.74, 6) is -0.116. The lowest BCUT2D eigenvalue weighted by molar-refractivity contribution is -0.124. The first-order valence-corrected chi connectivity index (χ1v) is 8.70. The molecule has 1 aliphatic heterocycles. The fourth-order valence-corrected chi connectivity index (χ4v) is 3.23. The van der Waals surface area contributed by atoms with Gasteiger partial charge in [-0.1, -0.05) is 18.2 Å². The van der Waals surface area contributed by atoms with Crippen molar-refractivity contribution in [3.8, 4) is 0 Å². The number of benzene rings is 1. The molecule has 0 fully saturated rings. The number of aromatic nitrogens is 2. The predicted octanol–water partition coefficient (Wildman–Crippen LogP) is 1.99. The fraction of sp³-hybridized carbons (Fsp3) is 0.421. The third-order valence-electron chi connectivity index (χ3n) is 4.47. The first-order valence-electron chi connectivity index (χ1n) is 8.70. The number of fused-ring (bicyclic) bond motifs is 1. The van der Waals surface area contributed by atoms with Crippen molar-refractivity contribution >= 4 is 17.5 Å². The molecular weight excluding hydrogens is 316 g/mol. The molecule has 0 atom stereocenters. The van der Waals surface area contributed by atoms with Gasteiger partial charge < -0.3 is 10.2 Å². The molecule has 6 heteroatoms. The molecule has 0 spiro atoms. The SMILES string of the molecule is Cc1cc(C)n(CCCNC(=O)CN2C(=O)CCc3ccccc32)n1. The van der Waals surface area contributed by atoms with E-state index in [1.807, 2.05) is 48.9 Å². The minimum atomic E-state index is -0.126. The van der Waals surface area contributed by atoms with Crippen LogP contribution in [0.15, 0.2) is 30.3 Å². The molecule has 6 nitrogen and oxygen atoms in total. The van der Waals surface area contributed by atoms with Crippen molar-refractivity contribution in [1.29, 1.82) is 0 Å². The molecule has 0 saturated heterocycles. The van der Waals surface area contributed by atoms with Crippen LogP contribution in [0, 0.1) is 13.8 Å². The van der Waals surface area contributed by atoms with E-state index in [0.717, 1.165) is 42.0 Å². The Bertz CT molecular complexity index is 781. The molecule has 2 amide bonds. The van der Waals surface area contributed by atoms with Crippen LogP contribution in [0.4, 0.5) is 5.69 Å². The molecule has 2 aromatic rings. The molecular formula is C19H24N4O2. The van der Waals surface area contributed by atoms with Crippen LogP contribution in [-0.2, 0) is 22.6 Å². The van der Waals surface area contributed by atoms with Gasteiger partial charge >= 0.3 is 0 Å². The lowest BCUT2D eigenvalue weighted by atomic mass is 10.0. The molecule has 1 aromatic carbocycles. The number of carbonyl (C=O) groups is 2. The van der Waals surface area contributed by atoms with Crippen molar-refractivity contribution < 1.29 is 9.59 Å². The van der Waals surface area contributed by atoms with E-state index >= 15 is 0 Å². The third-order valence-corrected chi connectivity index (χ3v) is 4.47. The zero-order valence-corrected chi connectivity index (χ0v) is 14.8. The van der Waals surface area contributed by atoms with Gasteiger partial charge in [0.25, 0.3) is 0 Å². The van der Waals surface area contributed by atoms with Crippen molar-refractivity contribution in [3.63, 3.8) is 0 Å². The van der Waals surface area contributed by atoms with Gasteiger partial charge in [0.2, 0.25) is 11.8 Å². The molecule has 0 bridgehead atoms. The molecule has 0 unspecified atom stereocenters. The Morgan fingerprint density at radius 1 is 1.24 bits per heavy atom. The van der Waals surface area contributed by atoms with Crippen molar-refractivity contribution in [1.82, 2.24) is 15.1 Å². The van der Waals surface area contributed by atoms with Crippen LogP contribution < -0.4 is 10.2 Å². The number of carbonyl (C=O) groups excluding carboxylic acids is 2. The second-order valence-electron chi connectivity index (χ2n) is 6.46. The van der Waals surface area contributed by atoms with E-state index in [2.05, 4.69) is 10.4 Å². The maximum absolute atomic E-state index is 12.2. The Labute approximate surface area is 147 Å². The average Bonchev–Trinajstić information content (AvgIpc) is 2.92. The number of hydrogen-bond donors (Lipinski definition) is 1. The van der Waals surface area contributed by atoms with Gasteiger partial charge in [-0.15, -0.1) is 0 Å². The highest BCUT2D eigenvalue weighted by molar-refractivity contribution is 6.00. The lowest BCUT2D eigenvalue weighted by Gasteiger charge is -2.28. The molecule has 2 heterocycles. The maximum Gasteiger partial charge on any atom is 0.240 e. The zero-order valence-electron chi connectivity index (χ0n) is 14.8. The van der Waals surface area contributed by atoms with Gasteiger partial charge in [-0.25, -0.2) is 0 Å². The van der Waals surface area contributed by atoms with E-state index in [1.54, 1.807) is 4.90 Å². The highest BCUT2D eigenvalue weighted by atomic mass is 16.2. The number of rotatable bonds is 6. The normalized spacial score (nSPS) is 13.7. The van der Waals surface area contributed by atoms with E-state index in [4.69, 9.17) is 0 Å². The lowest BCUT2D eigenvalue weighted by Crippen LogP contribution is -2.43. The van der Waals surface area contributed by atoms with Gasteiger partial charge in [0.15, 0.2) is 0 Å². The number of aryl methyl sites for hydroxylation is 4. The Balaban J connectivity index is 1.49. The van der Waals surface area contributed by atoms with Gasteiger partial charge in [0.05, 0.1) is 5.69 Å². The molecule has 1 aromatic heterocycles. The van der Waals surface area contributed by atoms with Crippen LogP contribution in [0.25, 0.3) is 0 Å². The van der Waals surface area contributed by atoms with Gasteiger partial charge in [-0.05, 0) is 44.4 Å². The van der Waals surface area contributed by atoms with Crippen molar-refractivity contribution in [2.24, 2.45) is 0 Å². The summed E-state index contributed by atoms with van der Waals surface area (Å²) in [7, 11) is 0. The van der Waals surface area contributed by atoms with Crippen LogP contribution >= 0.6 is 0 Å². The second-order valence-corrected chi connectivity index (χ2v) is 6.46. The maximum atomic E-state index is 12.2. The zero-order chi connectivity index (χ0) is 17.8. The number of amides is 2. The van der Waals surface area contributed by atoms with Crippen LogP contribution in [0.1, 0.15) is 29.8 Å². The van der Waals surface area contributed by atoms with E-state index in [0.29, 0.717) is 13.0 Å². The number of hydrogen-bond acceptors (Lipinski definition) is 3. The summed E-state index contributed by atoms with van der Waals surface area (Å²) < 4.78 is 1.95. The Hall–Kier alpha value is -2.63. The van der Waals surface area contributed by atoms with Gasteiger partial charge in [0, 0.05) is 30.9 Å². The largest absolute Gasteiger partial charge is 0.354 e. The number of para-hydroxylation sites is 1. The minimum Gasteiger partial charge on any atom is -0.354 e. The fourth-order valence-electron chi connectivity index (χ4n) is 3.23. The summed E-state index contributed by atoms with van der Waals surface area (Å²) in [5, 5.41) is 7.31. The minimum absolute atomic E-state index is 0.0106. The summed E-state index contributed by atoms with van der Waals surface area (Å²) in [6.45, 7) is 5.42. The Morgan fingerprint density at radius 2 is 2.04 bits per heavy atom. The predicted molar refractivity (Wildman–Crippen MR) is 96.4 cm³/mol. The molecule has 1 N–H and O–H groups in total. The van der Waals surface area contributed by atoms with Gasteiger partial charge in [0.1, 0.15) is 6.54 Å². The molecule has 0 radical (unpaired) electrons. The molecule has 0 saturated carbocycles. The molecule has 0 aliphatic carbocycles. The molecule has 3 rings (SSSR count). The van der Waals surface area contributed by atoms with Gasteiger partial charge in [-0.2, -0.15) is 5.10 Å². The van der Waals surface area contributed by atoms with Crippen LogP contribution in [0.3, 0.4) is 0 Å². The third kappa shape index (κ3) is 4.07. The van der Waals surface area contributed by atoms with Crippen molar-refractivity contribution in [3.05, 3.63) is 47.3 Å². The Morgan fingerprint density at radius 3 is 2.80 bits per heavy atom. The number of nitrogens with one attached hydrogen (secondary N) is 1. The summed E-state index contributed by atoms with van der Waals surface area (Å²) in [6.07, 6.45) is 2.01. The topological polar surface area (TPSA) is 67.2 Å². The van der Waals surface area contributed by atoms with E-state index in [9.17, 15) is 9.59 Å². The number of anilines is 1. The smallest absolute Gasteiger partial charge is 0.240 e. The summed E-state index contributed by atoms with van der Waals surface area (Å²) in [5.41, 5.74) is 4.11. The molecule has 1 aliphatic rings. The Kier molecular flexibility index (Phi) is 5.16. The van der Waals surface area contributed by atoms with Crippen molar-refractivity contribution in [2.75, 3.05) is 18.0 Å². The van der Waals surface area contributed by atoms with E-state index in [-0.39, 0.29) is 18.4 Å². The summed E-state index contributed by atoms with van der Waals surface area (Å²) in [6, 6.07) is 9.82. The standard InChI is InChI=1S/C19H24N4O2/c1-14-12-15(2)23(21-14)11-5-10-20-18(24)13-22-17-7-4-3-6-16(17)8-9-19(22)25/h3-4,6-7,12H,5,8-11,13H2,1-2H3,(H,20,24). The quantitative estimate of drug-likeness (QED) is 0.818. The summed E-state index contributed by atoms with van der Waals surface area (Å²) >= 11 is 0. The molecule has 132 valence electrons.